The molecule has 4 nitrogen and oxygen atoms in total. The van der Waals surface area contributed by atoms with Crippen molar-refractivity contribution in [3.05, 3.63) is 0 Å². The van der Waals surface area contributed by atoms with Crippen LogP contribution in [0.3, 0.4) is 0 Å². The number of urea groups is 1. The molecule has 0 aliphatic carbocycles. The summed E-state index contributed by atoms with van der Waals surface area (Å²) in [5, 5.41) is 4.17. The molecule has 0 aliphatic heterocycles. The number of carbonyl (C=O) groups is 1. The van der Waals surface area contributed by atoms with E-state index >= 15 is 0 Å². The fourth-order valence-corrected chi connectivity index (χ4v) is 1.37. The molecule has 0 fully saturated rings. The van der Waals surface area contributed by atoms with Gasteiger partial charge in [-0.1, -0.05) is 13.8 Å². The molecule has 0 radical (unpaired) electrons. The number of hydrogen-bond donors (Lipinski definition) is 3. The van der Waals surface area contributed by atoms with Crippen molar-refractivity contribution in [1.82, 2.24) is 10.6 Å². The highest BCUT2D eigenvalue weighted by Gasteiger charge is 2.29. The largest absolute Gasteiger partial charge is 0.405 e. The standard InChI is InChI=1S/C10H20F3N3O/c1-3-9(4-2,5-14)6-15-8(17)16-7-10(11,12)13/h3-7,14H2,1-2H3,(H2,15,16,17). The fraction of sp³-hybridized carbons (Fsp3) is 0.900. The highest BCUT2D eigenvalue weighted by molar-refractivity contribution is 5.73. The number of hydrogen-bond acceptors (Lipinski definition) is 2. The Bertz CT molecular complexity index is 231. The molecule has 0 spiro atoms. The average Bonchev–Trinajstić information content (AvgIpc) is 2.28. The van der Waals surface area contributed by atoms with Crippen LogP contribution in [0.25, 0.3) is 0 Å². The molecule has 2 amide bonds. The van der Waals surface area contributed by atoms with Crippen LogP contribution in [-0.4, -0.2) is 31.8 Å². The van der Waals surface area contributed by atoms with Crippen LogP contribution in [0.4, 0.5) is 18.0 Å². The Kier molecular flexibility index (Phi) is 6.30. The number of halogens is 3. The highest BCUT2D eigenvalue weighted by atomic mass is 19.4. The van der Waals surface area contributed by atoms with E-state index in [4.69, 9.17) is 5.73 Å². The maximum atomic E-state index is 11.8. The van der Waals surface area contributed by atoms with E-state index in [9.17, 15) is 18.0 Å². The number of nitrogens with two attached hydrogens (primary N) is 1. The van der Waals surface area contributed by atoms with Crippen LogP contribution >= 0.6 is 0 Å². The lowest BCUT2D eigenvalue weighted by molar-refractivity contribution is -0.122. The molecule has 7 heteroatoms. The number of rotatable bonds is 6. The Hall–Kier alpha value is -0.980. The van der Waals surface area contributed by atoms with Crippen LogP contribution in [0, 0.1) is 5.41 Å². The summed E-state index contributed by atoms with van der Waals surface area (Å²) in [6.45, 7) is 3.21. The smallest absolute Gasteiger partial charge is 0.338 e. The zero-order chi connectivity index (χ0) is 13.5. The van der Waals surface area contributed by atoms with Crippen molar-refractivity contribution in [2.45, 2.75) is 32.9 Å². The third-order valence-corrected chi connectivity index (χ3v) is 3.01. The second kappa shape index (κ2) is 6.68. The van der Waals surface area contributed by atoms with E-state index < -0.39 is 18.8 Å². The molecule has 102 valence electrons. The van der Waals surface area contributed by atoms with Gasteiger partial charge in [-0.2, -0.15) is 13.2 Å². The van der Waals surface area contributed by atoms with E-state index in [0.717, 1.165) is 12.8 Å². The first kappa shape index (κ1) is 16.0. The Morgan fingerprint density at radius 1 is 1.12 bits per heavy atom. The summed E-state index contributed by atoms with van der Waals surface area (Å²) in [5.74, 6) is 0. The maximum absolute atomic E-state index is 11.8. The van der Waals surface area contributed by atoms with Crippen LogP contribution in [0.2, 0.25) is 0 Å². The molecule has 0 rings (SSSR count). The first-order valence-electron chi connectivity index (χ1n) is 5.57. The Balaban J connectivity index is 4.06. The molecule has 0 aromatic carbocycles. The van der Waals surface area contributed by atoms with Gasteiger partial charge in [0.25, 0.3) is 0 Å². The minimum absolute atomic E-state index is 0.241. The summed E-state index contributed by atoms with van der Waals surface area (Å²) in [6, 6.07) is -0.818. The summed E-state index contributed by atoms with van der Waals surface area (Å²) in [5.41, 5.74) is 5.37. The minimum atomic E-state index is -4.39. The van der Waals surface area contributed by atoms with Gasteiger partial charge in [-0.15, -0.1) is 0 Å². The molecular formula is C10H20F3N3O. The van der Waals surface area contributed by atoms with Gasteiger partial charge in [-0.3, -0.25) is 0 Å². The summed E-state index contributed by atoms with van der Waals surface area (Å²) in [6.07, 6.45) is -2.86. The third kappa shape index (κ3) is 6.35. The molecule has 0 saturated heterocycles. The predicted molar refractivity (Wildman–Crippen MR) is 59.5 cm³/mol. The van der Waals surface area contributed by atoms with E-state index in [-0.39, 0.29) is 12.0 Å². The van der Waals surface area contributed by atoms with Crippen molar-refractivity contribution >= 4 is 6.03 Å². The second-order valence-corrected chi connectivity index (χ2v) is 4.06. The monoisotopic (exact) mass is 255 g/mol. The van der Waals surface area contributed by atoms with E-state index in [1.165, 1.54) is 0 Å². The Labute approximate surface area is 99.1 Å². The van der Waals surface area contributed by atoms with E-state index in [1.54, 1.807) is 5.32 Å². The fourth-order valence-electron chi connectivity index (χ4n) is 1.37. The Morgan fingerprint density at radius 2 is 1.59 bits per heavy atom. The van der Waals surface area contributed by atoms with Crippen LogP contribution in [0.1, 0.15) is 26.7 Å². The molecule has 0 saturated carbocycles. The van der Waals surface area contributed by atoms with Crippen molar-refractivity contribution in [2.75, 3.05) is 19.6 Å². The first-order valence-corrected chi connectivity index (χ1v) is 5.57. The molecule has 0 aliphatic rings. The molecule has 0 aromatic rings. The summed E-state index contributed by atoms with van der Waals surface area (Å²) in [4.78, 5) is 11.1. The highest BCUT2D eigenvalue weighted by Crippen LogP contribution is 2.23. The minimum Gasteiger partial charge on any atom is -0.338 e. The SMILES string of the molecule is CCC(CC)(CN)CNC(=O)NCC(F)(F)F. The van der Waals surface area contributed by atoms with Crippen LogP contribution in [-0.2, 0) is 0 Å². The average molecular weight is 255 g/mol. The van der Waals surface area contributed by atoms with Crippen molar-refractivity contribution in [3.63, 3.8) is 0 Å². The zero-order valence-corrected chi connectivity index (χ0v) is 10.2. The first-order chi connectivity index (χ1) is 7.78. The molecule has 0 unspecified atom stereocenters. The van der Waals surface area contributed by atoms with Gasteiger partial charge >= 0.3 is 12.2 Å². The van der Waals surface area contributed by atoms with Gasteiger partial charge in [-0.25, -0.2) is 4.79 Å². The number of amides is 2. The van der Waals surface area contributed by atoms with Gasteiger partial charge in [0.1, 0.15) is 6.54 Å². The molecular weight excluding hydrogens is 235 g/mol. The molecule has 17 heavy (non-hydrogen) atoms. The van der Waals surface area contributed by atoms with Crippen LogP contribution in [0.5, 0.6) is 0 Å². The van der Waals surface area contributed by atoms with Crippen LogP contribution in [0.15, 0.2) is 0 Å². The van der Waals surface area contributed by atoms with Gasteiger partial charge in [0.15, 0.2) is 0 Å². The summed E-state index contributed by atoms with van der Waals surface area (Å²) in [7, 11) is 0. The van der Waals surface area contributed by atoms with Gasteiger partial charge in [0.2, 0.25) is 0 Å². The van der Waals surface area contributed by atoms with E-state index in [1.807, 2.05) is 13.8 Å². The number of carbonyl (C=O) groups excluding carboxylic acids is 1. The van der Waals surface area contributed by atoms with Gasteiger partial charge < -0.3 is 16.4 Å². The van der Waals surface area contributed by atoms with Crippen molar-refractivity contribution in [3.8, 4) is 0 Å². The Morgan fingerprint density at radius 3 is 1.94 bits per heavy atom. The normalized spacial score (nSPS) is 12.4. The summed E-state index contributed by atoms with van der Waals surface area (Å²) < 4.78 is 35.5. The second-order valence-electron chi connectivity index (χ2n) is 4.06. The molecule has 0 aromatic heterocycles. The number of alkyl halides is 3. The zero-order valence-electron chi connectivity index (χ0n) is 10.2. The summed E-state index contributed by atoms with van der Waals surface area (Å²) >= 11 is 0. The van der Waals surface area contributed by atoms with Crippen molar-refractivity contribution < 1.29 is 18.0 Å². The van der Waals surface area contributed by atoms with E-state index in [0.29, 0.717) is 6.54 Å². The van der Waals surface area contributed by atoms with Crippen molar-refractivity contribution in [1.29, 1.82) is 0 Å². The van der Waals surface area contributed by atoms with Gasteiger partial charge in [0, 0.05) is 6.54 Å². The topological polar surface area (TPSA) is 67.1 Å². The molecule has 0 bridgehead atoms. The lowest BCUT2D eigenvalue weighted by Gasteiger charge is -2.30. The molecule has 0 atom stereocenters. The quantitative estimate of drug-likeness (QED) is 0.675. The molecule has 0 heterocycles. The van der Waals surface area contributed by atoms with Gasteiger partial charge in [-0.05, 0) is 24.8 Å². The number of nitrogens with one attached hydrogen (secondary N) is 2. The lowest BCUT2D eigenvalue weighted by atomic mass is 9.82. The predicted octanol–water partition coefficient (Wildman–Crippen LogP) is 1.61. The lowest BCUT2D eigenvalue weighted by Crippen LogP contribution is -2.47. The van der Waals surface area contributed by atoms with Crippen molar-refractivity contribution in [2.24, 2.45) is 11.1 Å². The molecule has 4 N–H and O–H groups in total. The van der Waals surface area contributed by atoms with Crippen LogP contribution < -0.4 is 16.4 Å². The third-order valence-electron chi connectivity index (χ3n) is 3.01. The van der Waals surface area contributed by atoms with Gasteiger partial charge in [0.05, 0.1) is 0 Å². The maximum Gasteiger partial charge on any atom is 0.405 e. The van der Waals surface area contributed by atoms with E-state index in [2.05, 4.69) is 5.32 Å².